The van der Waals surface area contributed by atoms with Crippen molar-refractivity contribution in [2.75, 3.05) is 25.4 Å². The fraction of sp³-hybridized carbons (Fsp3) is 0.588. The van der Waals surface area contributed by atoms with E-state index in [0.29, 0.717) is 11.2 Å². The third kappa shape index (κ3) is 4.95. The van der Waals surface area contributed by atoms with Gasteiger partial charge in [-0.3, -0.25) is 4.79 Å². The first-order valence-corrected chi connectivity index (χ1v) is 8.50. The van der Waals surface area contributed by atoms with E-state index in [2.05, 4.69) is 30.5 Å². The van der Waals surface area contributed by atoms with Crippen molar-refractivity contribution in [1.29, 1.82) is 0 Å². The lowest BCUT2D eigenvalue weighted by Crippen LogP contribution is -2.28. The predicted octanol–water partition coefficient (Wildman–Crippen LogP) is 3.87. The quantitative estimate of drug-likeness (QED) is 0.768. The van der Waals surface area contributed by atoms with Crippen LogP contribution in [0.1, 0.15) is 43.5 Å². The molecule has 0 aliphatic carbocycles. The van der Waals surface area contributed by atoms with Crippen molar-refractivity contribution in [2.45, 2.75) is 37.9 Å². The monoisotopic (exact) mass is 291 g/mol. The molecule has 3 heteroatoms. The van der Waals surface area contributed by atoms with E-state index in [1.165, 1.54) is 18.7 Å². The highest BCUT2D eigenvalue weighted by atomic mass is 32.2. The largest absolute Gasteiger partial charge is 0.302 e. The molecule has 2 rings (SSSR count). The van der Waals surface area contributed by atoms with Gasteiger partial charge in [-0.15, -0.1) is 0 Å². The molecule has 0 spiro atoms. The zero-order valence-corrected chi connectivity index (χ0v) is 13.4. The summed E-state index contributed by atoms with van der Waals surface area (Å²) in [6.07, 6.45) is 2.88. The summed E-state index contributed by atoms with van der Waals surface area (Å²) in [5.74, 6) is 1.48. The van der Waals surface area contributed by atoms with Crippen molar-refractivity contribution >= 4 is 17.5 Å². The summed E-state index contributed by atoms with van der Waals surface area (Å²) in [6.45, 7) is 8.04. The molecule has 2 nitrogen and oxygen atoms in total. The number of benzene rings is 1. The van der Waals surface area contributed by atoms with E-state index in [-0.39, 0.29) is 5.78 Å². The molecule has 1 heterocycles. The van der Waals surface area contributed by atoms with Gasteiger partial charge >= 0.3 is 0 Å². The number of ketones is 1. The second kappa shape index (κ2) is 7.28. The van der Waals surface area contributed by atoms with Gasteiger partial charge < -0.3 is 4.90 Å². The first kappa shape index (κ1) is 15.6. The molecule has 1 aromatic rings. The van der Waals surface area contributed by atoms with E-state index in [4.69, 9.17) is 0 Å². The Bertz CT molecular complexity index is 430. The first-order chi connectivity index (χ1) is 9.57. The lowest BCUT2D eigenvalue weighted by molar-refractivity contribution is 0.0975. The average molecular weight is 291 g/mol. The number of hydrogen-bond donors (Lipinski definition) is 0. The number of Topliss-reactive ketones (excluding diaryl/α,β-unsaturated/α-hetero) is 1. The number of carbonyl (C=O) groups excluding carboxylic acids is 1. The number of rotatable bonds is 5. The maximum Gasteiger partial charge on any atom is 0.162 e. The van der Waals surface area contributed by atoms with Gasteiger partial charge in [-0.1, -0.05) is 44.2 Å². The van der Waals surface area contributed by atoms with Gasteiger partial charge in [-0.25, -0.2) is 0 Å². The zero-order chi connectivity index (χ0) is 14.4. The summed E-state index contributed by atoms with van der Waals surface area (Å²) < 4.78 is 0.411. The highest BCUT2D eigenvalue weighted by Gasteiger charge is 2.23. The van der Waals surface area contributed by atoms with Crippen LogP contribution in [-0.2, 0) is 0 Å². The molecular weight excluding hydrogens is 266 g/mol. The van der Waals surface area contributed by atoms with Gasteiger partial charge in [0, 0.05) is 29.0 Å². The van der Waals surface area contributed by atoms with Crippen molar-refractivity contribution < 1.29 is 4.79 Å². The van der Waals surface area contributed by atoms with Crippen LogP contribution in [0.4, 0.5) is 0 Å². The summed E-state index contributed by atoms with van der Waals surface area (Å²) in [7, 11) is 0. The van der Waals surface area contributed by atoms with Crippen molar-refractivity contribution in [2.24, 2.45) is 0 Å². The fourth-order valence-corrected chi connectivity index (χ4v) is 3.66. The maximum atomic E-state index is 12.0. The third-order valence-corrected chi connectivity index (χ3v) is 5.28. The molecule has 0 aromatic heterocycles. The standard InChI is InChI=1S/C17H25NOS/c1-17(2)10-12-18(13-14-20-17)11-6-9-16(19)15-7-4-3-5-8-15/h3-5,7-8H,6,9-14H2,1-2H3. The second-order valence-electron chi connectivity index (χ2n) is 6.09. The second-order valence-corrected chi connectivity index (χ2v) is 7.89. The highest BCUT2D eigenvalue weighted by molar-refractivity contribution is 8.00. The summed E-state index contributed by atoms with van der Waals surface area (Å²) in [6, 6.07) is 9.64. The zero-order valence-electron chi connectivity index (χ0n) is 12.6. The Balaban J connectivity index is 1.72. The Hall–Kier alpha value is -0.800. The fourth-order valence-electron chi connectivity index (χ4n) is 2.52. The molecule has 0 unspecified atom stereocenters. The minimum atomic E-state index is 0.273. The summed E-state index contributed by atoms with van der Waals surface area (Å²) in [5, 5.41) is 0. The molecule has 0 N–H and O–H groups in total. The van der Waals surface area contributed by atoms with Crippen LogP contribution < -0.4 is 0 Å². The van der Waals surface area contributed by atoms with Crippen molar-refractivity contribution in [3.8, 4) is 0 Å². The minimum Gasteiger partial charge on any atom is -0.302 e. The van der Waals surface area contributed by atoms with Gasteiger partial charge in [-0.05, 0) is 25.9 Å². The van der Waals surface area contributed by atoms with E-state index in [9.17, 15) is 4.79 Å². The van der Waals surface area contributed by atoms with Crippen LogP contribution in [0.25, 0.3) is 0 Å². The predicted molar refractivity (Wildman–Crippen MR) is 87.6 cm³/mol. The van der Waals surface area contributed by atoms with Crippen LogP contribution in [0, 0.1) is 0 Å². The molecule has 0 amide bonds. The Labute approximate surface area is 126 Å². The topological polar surface area (TPSA) is 20.3 Å². The number of carbonyl (C=O) groups is 1. The molecule has 20 heavy (non-hydrogen) atoms. The van der Waals surface area contributed by atoms with Gasteiger partial charge in [-0.2, -0.15) is 11.8 Å². The molecular formula is C17H25NOS. The molecule has 1 aliphatic heterocycles. The molecule has 1 saturated heterocycles. The van der Waals surface area contributed by atoms with Crippen molar-refractivity contribution in [3.63, 3.8) is 0 Å². The van der Waals surface area contributed by atoms with Gasteiger partial charge in [0.25, 0.3) is 0 Å². The van der Waals surface area contributed by atoms with E-state index in [1.54, 1.807) is 0 Å². The molecule has 0 bridgehead atoms. The Morgan fingerprint density at radius 1 is 1.25 bits per heavy atom. The van der Waals surface area contributed by atoms with E-state index >= 15 is 0 Å². The van der Waals surface area contributed by atoms with Gasteiger partial charge in [0.05, 0.1) is 0 Å². The lowest BCUT2D eigenvalue weighted by Gasteiger charge is -2.22. The van der Waals surface area contributed by atoms with Crippen LogP contribution in [0.5, 0.6) is 0 Å². The molecule has 1 aromatic carbocycles. The van der Waals surface area contributed by atoms with Crippen LogP contribution in [0.2, 0.25) is 0 Å². The van der Waals surface area contributed by atoms with E-state index < -0.39 is 0 Å². The highest BCUT2D eigenvalue weighted by Crippen LogP contribution is 2.30. The Kier molecular flexibility index (Phi) is 5.67. The SMILES string of the molecule is CC1(C)CCN(CCCC(=O)c2ccccc2)CCS1. The van der Waals surface area contributed by atoms with Gasteiger partial charge in [0.15, 0.2) is 5.78 Å². The molecule has 0 radical (unpaired) electrons. The third-order valence-electron chi connectivity index (χ3n) is 3.90. The summed E-state index contributed by atoms with van der Waals surface area (Å²) >= 11 is 2.07. The maximum absolute atomic E-state index is 12.0. The average Bonchev–Trinajstić information content (AvgIpc) is 2.61. The van der Waals surface area contributed by atoms with E-state index in [0.717, 1.165) is 25.1 Å². The number of thioether (sulfide) groups is 1. The van der Waals surface area contributed by atoms with Crippen LogP contribution in [0.3, 0.4) is 0 Å². The number of nitrogens with zero attached hydrogens (tertiary/aromatic N) is 1. The molecule has 1 aliphatic rings. The van der Waals surface area contributed by atoms with Crippen molar-refractivity contribution in [3.05, 3.63) is 35.9 Å². The lowest BCUT2D eigenvalue weighted by atomic mass is 10.1. The van der Waals surface area contributed by atoms with Crippen LogP contribution in [0.15, 0.2) is 30.3 Å². The molecule has 0 saturated carbocycles. The van der Waals surface area contributed by atoms with Crippen LogP contribution >= 0.6 is 11.8 Å². The first-order valence-electron chi connectivity index (χ1n) is 7.51. The Morgan fingerprint density at radius 2 is 2.00 bits per heavy atom. The normalized spacial score (nSPS) is 19.5. The van der Waals surface area contributed by atoms with E-state index in [1.807, 2.05) is 30.3 Å². The summed E-state index contributed by atoms with van der Waals surface area (Å²) in [5.41, 5.74) is 0.847. The molecule has 110 valence electrons. The Morgan fingerprint density at radius 3 is 2.75 bits per heavy atom. The van der Waals surface area contributed by atoms with Gasteiger partial charge in [0.2, 0.25) is 0 Å². The van der Waals surface area contributed by atoms with Crippen molar-refractivity contribution in [1.82, 2.24) is 4.90 Å². The van der Waals surface area contributed by atoms with Gasteiger partial charge in [0.1, 0.15) is 0 Å². The smallest absolute Gasteiger partial charge is 0.162 e. The minimum absolute atomic E-state index is 0.273. The molecule has 0 atom stereocenters. The summed E-state index contributed by atoms with van der Waals surface area (Å²) in [4.78, 5) is 14.5. The van der Waals surface area contributed by atoms with Crippen LogP contribution in [-0.4, -0.2) is 40.8 Å². The molecule has 1 fully saturated rings. The number of hydrogen-bond acceptors (Lipinski definition) is 3.